The summed E-state index contributed by atoms with van der Waals surface area (Å²) in [6.45, 7) is 0.723. The van der Waals surface area contributed by atoms with Gasteiger partial charge in [-0.15, -0.1) is 11.3 Å². The summed E-state index contributed by atoms with van der Waals surface area (Å²) in [5.41, 5.74) is 6.12. The van der Waals surface area contributed by atoms with Gasteiger partial charge in [0.25, 0.3) is 0 Å². The number of aliphatic carboxylic acids is 1. The van der Waals surface area contributed by atoms with Crippen molar-refractivity contribution in [3.05, 3.63) is 17.2 Å². The van der Waals surface area contributed by atoms with Crippen molar-refractivity contribution in [2.45, 2.75) is 18.1 Å². The van der Waals surface area contributed by atoms with Crippen molar-refractivity contribution in [3.63, 3.8) is 0 Å². The largest absolute Gasteiger partial charge is 0.478 e. The average Bonchev–Trinajstić information content (AvgIpc) is 2.73. The van der Waals surface area contributed by atoms with Gasteiger partial charge in [-0.1, -0.05) is 6.08 Å². The minimum Gasteiger partial charge on any atom is -0.478 e. The molecule has 0 radical (unpaired) electrons. The van der Waals surface area contributed by atoms with Gasteiger partial charge < -0.3 is 15.0 Å². The van der Waals surface area contributed by atoms with Crippen LogP contribution in [0.5, 0.6) is 0 Å². The minimum atomic E-state index is -0.985. The second kappa shape index (κ2) is 5.52. The van der Waals surface area contributed by atoms with Crippen molar-refractivity contribution in [2.24, 2.45) is 0 Å². The number of carboxylic acid groups (broad SMARTS) is 1. The molecule has 1 unspecified atom stereocenters. The Hall–Kier alpha value is -1.05. The molecule has 1 aromatic rings. The van der Waals surface area contributed by atoms with Crippen LogP contribution in [0.3, 0.4) is 0 Å². The minimum absolute atomic E-state index is 0.0674. The van der Waals surface area contributed by atoms with Gasteiger partial charge in [-0.05, 0) is 24.9 Å². The molecule has 0 bridgehead atoms. The molecule has 1 aromatic heterocycles. The molecule has 2 rings (SSSR count). The summed E-state index contributed by atoms with van der Waals surface area (Å²) in [5.74, 6) is -0.985. The van der Waals surface area contributed by atoms with E-state index in [0.717, 1.165) is 19.4 Å². The molecule has 1 fully saturated rings. The first-order valence-electron chi connectivity index (χ1n) is 5.11. The first kappa shape index (κ1) is 12.4. The van der Waals surface area contributed by atoms with Crippen molar-refractivity contribution in [2.75, 3.05) is 12.3 Å². The maximum Gasteiger partial charge on any atom is 0.337 e. The van der Waals surface area contributed by atoms with Gasteiger partial charge in [0.1, 0.15) is 0 Å². The Bertz CT molecular complexity index is 439. The SMILES string of the molecule is Nc1nc(C(=CC2CCCOS2)C(=O)O)cs1. The maximum absolute atomic E-state index is 11.2. The van der Waals surface area contributed by atoms with E-state index in [1.54, 1.807) is 11.5 Å². The molecule has 3 N–H and O–H groups in total. The number of carbonyl (C=O) groups is 1. The first-order chi connectivity index (χ1) is 8.16. The quantitative estimate of drug-likeness (QED) is 0.647. The Balaban J connectivity index is 2.22. The Morgan fingerprint density at radius 1 is 1.71 bits per heavy atom. The Kier molecular flexibility index (Phi) is 4.03. The second-order valence-electron chi connectivity index (χ2n) is 3.56. The summed E-state index contributed by atoms with van der Waals surface area (Å²) in [5, 5.41) is 11.3. The summed E-state index contributed by atoms with van der Waals surface area (Å²) in [6, 6.07) is 0. The highest BCUT2D eigenvalue weighted by molar-refractivity contribution is 7.95. The van der Waals surface area contributed by atoms with E-state index in [2.05, 4.69) is 4.98 Å². The number of anilines is 1. The number of rotatable bonds is 3. The molecule has 92 valence electrons. The van der Waals surface area contributed by atoms with Gasteiger partial charge in [-0.3, -0.25) is 0 Å². The number of nitrogens with zero attached hydrogens (tertiary/aromatic N) is 1. The molecular formula is C10H12N2O3S2. The van der Waals surface area contributed by atoms with Crippen molar-refractivity contribution < 1.29 is 14.1 Å². The van der Waals surface area contributed by atoms with E-state index in [0.29, 0.717) is 10.8 Å². The topological polar surface area (TPSA) is 85.4 Å². The zero-order valence-corrected chi connectivity index (χ0v) is 10.6. The first-order valence-corrected chi connectivity index (χ1v) is 6.80. The van der Waals surface area contributed by atoms with E-state index in [1.165, 1.54) is 23.4 Å². The molecule has 0 amide bonds. The lowest BCUT2D eigenvalue weighted by molar-refractivity contribution is -0.130. The molecule has 0 spiro atoms. The monoisotopic (exact) mass is 272 g/mol. The van der Waals surface area contributed by atoms with Crippen LogP contribution in [0, 0.1) is 0 Å². The van der Waals surface area contributed by atoms with Gasteiger partial charge >= 0.3 is 5.97 Å². The predicted molar refractivity (Wildman–Crippen MR) is 68.7 cm³/mol. The maximum atomic E-state index is 11.2. The molecule has 1 aliphatic rings. The molecule has 2 heterocycles. The fraction of sp³-hybridized carbons (Fsp3) is 0.400. The molecule has 1 aliphatic heterocycles. The van der Waals surface area contributed by atoms with Gasteiger partial charge in [0.15, 0.2) is 5.13 Å². The zero-order valence-electron chi connectivity index (χ0n) is 8.96. The Labute approximate surface area is 107 Å². The van der Waals surface area contributed by atoms with Crippen LogP contribution in [0.15, 0.2) is 11.5 Å². The van der Waals surface area contributed by atoms with Gasteiger partial charge in [-0.25, -0.2) is 9.78 Å². The Morgan fingerprint density at radius 3 is 3.06 bits per heavy atom. The van der Waals surface area contributed by atoms with Crippen LogP contribution in [-0.4, -0.2) is 27.9 Å². The standard InChI is InChI=1S/C10H12N2O3S2/c11-10-12-8(5-16-10)7(9(13)14)4-6-2-1-3-15-17-6/h4-6H,1-3H2,(H2,11,12)(H,13,14). The molecule has 0 aliphatic carbocycles. The highest BCUT2D eigenvalue weighted by Crippen LogP contribution is 2.28. The molecule has 0 aromatic carbocycles. The summed E-state index contributed by atoms with van der Waals surface area (Å²) >= 11 is 2.55. The van der Waals surface area contributed by atoms with Crippen LogP contribution < -0.4 is 5.73 Å². The lowest BCUT2D eigenvalue weighted by atomic mass is 10.1. The van der Waals surface area contributed by atoms with E-state index in [1.807, 2.05) is 0 Å². The number of hydrogen-bond donors (Lipinski definition) is 2. The number of nitrogen functional groups attached to an aromatic ring is 1. The highest BCUT2D eigenvalue weighted by Gasteiger charge is 2.19. The van der Waals surface area contributed by atoms with Gasteiger partial charge in [-0.2, -0.15) is 0 Å². The summed E-state index contributed by atoms with van der Waals surface area (Å²) < 4.78 is 5.24. The lowest BCUT2D eigenvalue weighted by Crippen LogP contribution is -2.11. The molecule has 1 atom stereocenters. The van der Waals surface area contributed by atoms with Crippen LogP contribution >= 0.6 is 23.4 Å². The molecule has 17 heavy (non-hydrogen) atoms. The number of thiazole rings is 1. The van der Waals surface area contributed by atoms with Crippen molar-refractivity contribution in [3.8, 4) is 0 Å². The third-order valence-electron chi connectivity index (χ3n) is 2.29. The van der Waals surface area contributed by atoms with Crippen LogP contribution in [-0.2, 0) is 8.98 Å². The molecule has 5 nitrogen and oxygen atoms in total. The smallest absolute Gasteiger partial charge is 0.337 e. The molecule has 1 saturated heterocycles. The summed E-state index contributed by atoms with van der Waals surface area (Å²) in [6.07, 6.45) is 3.56. The summed E-state index contributed by atoms with van der Waals surface area (Å²) in [4.78, 5) is 15.2. The van der Waals surface area contributed by atoms with Crippen LogP contribution in [0.1, 0.15) is 18.5 Å². The molecule has 0 saturated carbocycles. The van der Waals surface area contributed by atoms with Crippen molar-refractivity contribution in [1.82, 2.24) is 4.98 Å². The van der Waals surface area contributed by atoms with Gasteiger partial charge in [0.05, 0.1) is 23.1 Å². The fourth-order valence-corrected chi connectivity index (χ4v) is 2.91. The number of nitrogens with two attached hydrogens (primary N) is 1. The highest BCUT2D eigenvalue weighted by atomic mass is 32.2. The second-order valence-corrected chi connectivity index (χ2v) is 5.48. The molecule has 7 heteroatoms. The van der Waals surface area contributed by atoms with Crippen LogP contribution in [0.2, 0.25) is 0 Å². The van der Waals surface area contributed by atoms with Crippen molar-refractivity contribution in [1.29, 1.82) is 0 Å². The summed E-state index contributed by atoms with van der Waals surface area (Å²) in [7, 11) is 0. The number of carboxylic acids is 1. The van der Waals surface area contributed by atoms with Crippen LogP contribution in [0.25, 0.3) is 5.57 Å². The third kappa shape index (κ3) is 3.21. The Morgan fingerprint density at radius 2 is 2.53 bits per heavy atom. The van der Waals surface area contributed by atoms with E-state index in [9.17, 15) is 9.90 Å². The van der Waals surface area contributed by atoms with Gasteiger partial charge in [0.2, 0.25) is 0 Å². The van der Waals surface area contributed by atoms with E-state index in [-0.39, 0.29) is 10.8 Å². The fourth-order valence-electron chi connectivity index (χ4n) is 1.50. The normalized spacial score (nSPS) is 21.4. The van der Waals surface area contributed by atoms with E-state index in [4.69, 9.17) is 9.92 Å². The average molecular weight is 272 g/mol. The van der Waals surface area contributed by atoms with E-state index < -0.39 is 5.97 Å². The van der Waals surface area contributed by atoms with Gasteiger partial charge in [0, 0.05) is 5.38 Å². The zero-order chi connectivity index (χ0) is 12.3. The molecular weight excluding hydrogens is 260 g/mol. The lowest BCUT2D eigenvalue weighted by Gasteiger charge is -2.17. The van der Waals surface area contributed by atoms with Crippen molar-refractivity contribution >= 4 is 40.1 Å². The predicted octanol–water partition coefficient (Wildman–Crippen LogP) is 2.02. The third-order valence-corrected chi connectivity index (χ3v) is 3.88. The van der Waals surface area contributed by atoms with E-state index >= 15 is 0 Å². The van der Waals surface area contributed by atoms with Crippen LogP contribution in [0.4, 0.5) is 5.13 Å². The number of aromatic nitrogens is 1. The number of hydrogen-bond acceptors (Lipinski definition) is 6.